The molecule has 5 heteroatoms. The highest BCUT2D eigenvalue weighted by atomic mass is 35.5. The number of aliphatic carboxylic acids is 1. The minimum Gasteiger partial charge on any atom is -0.481 e. The van der Waals surface area contributed by atoms with Gasteiger partial charge in [0.25, 0.3) is 0 Å². The van der Waals surface area contributed by atoms with Gasteiger partial charge in [-0.1, -0.05) is 35.3 Å². The van der Waals surface area contributed by atoms with Gasteiger partial charge in [-0.2, -0.15) is 0 Å². The predicted molar refractivity (Wildman–Crippen MR) is 62.8 cm³/mol. The van der Waals surface area contributed by atoms with Crippen molar-refractivity contribution in [2.24, 2.45) is 0 Å². The minimum atomic E-state index is -1.16. The summed E-state index contributed by atoms with van der Waals surface area (Å²) in [6.07, 6.45) is 2.08. The van der Waals surface area contributed by atoms with Crippen LogP contribution in [-0.4, -0.2) is 16.9 Å². The van der Waals surface area contributed by atoms with Crippen LogP contribution >= 0.6 is 23.2 Å². The number of carbonyl (C=O) groups is 2. The molecule has 3 nitrogen and oxygen atoms in total. The zero-order valence-corrected chi connectivity index (χ0v) is 9.63. The van der Waals surface area contributed by atoms with E-state index in [1.165, 1.54) is 12.2 Å². The monoisotopic (exact) mass is 258 g/mol. The molecule has 1 rings (SSSR count). The van der Waals surface area contributed by atoms with Crippen LogP contribution in [0.5, 0.6) is 0 Å². The van der Waals surface area contributed by atoms with E-state index in [9.17, 15) is 9.59 Å². The van der Waals surface area contributed by atoms with E-state index in [4.69, 9.17) is 28.3 Å². The van der Waals surface area contributed by atoms with Crippen molar-refractivity contribution in [2.45, 2.75) is 6.42 Å². The van der Waals surface area contributed by atoms with Crippen LogP contribution in [0.1, 0.15) is 12.0 Å². The zero-order chi connectivity index (χ0) is 12.1. The molecular formula is C11H8Cl2O3. The zero-order valence-electron chi connectivity index (χ0n) is 8.11. The SMILES string of the molecule is O=C(O)CC(=O)/C=C/c1cccc(Cl)c1Cl. The number of carbonyl (C=O) groups excluding carboxylic acids is 1. The van der Waals surface area contributed by atoms with E-state index < -0.39 is 18.2 Å². The second-order valence-electron chi connectivity index (χ2n) is 3.01. The lowest BCUT2D eigenvalue weighted by Gasteiger charge is -1.99. The molecule has 1 aromatic carbocycles. The highest BCUT2D eigenvalue weighted by molar-refractivity contribution is 6.42. The van der Waals surface area contributed by atoms with Crippen molar-refractivity contribution in [1.29, 1.82) is 0 Å². The Labute approximate surface area is 102 Å². The average molecular weight is 259 g/mol. The number of allylic oxidation sites excluding steroid dienone is 1. The Morgan fingerprint density at radius 1 is 1.31 bits per heavy atom. The van der Waals surface area contributed by atoms with Crippen molar-refractivity contribution in [2.75, 3.05) is 0 Å². The van der Waals surface area contributed by atoms with Crippen LogP contribution < -0.4 is 0 Å². The number of hydrogen-bond donors (Lipinski definition) is 1. The van der Waals surface area contributed by atoms with Crippen LogP contribution in [0, 0.1) is 0 Å². The molecule has 0 aliphatic rings. The summed E-state index contributed by atoms with van der Waals surface area (Å²) in [5, 5.41) is 9.10. The van der Waals surface area contributed by atoms with Gasteiger partial charge in [-0.25, -0.2) is 0 Å². The minimum absolute atomic E-state index is 0.337. The molecule has 16 heavy (non-hydrogen) atoms. The van der Waals surface area contributed by atoms with Crippen LogP contribution in [0.15, 0.2) is 24.3 Å². The van der Waals surface area contributed by atoms with E-state index in [1.807, 2.05) is 0 Å². The average Bonchev–Trinajstić information content (AvgIpc) is 2.19. The lowest BCUT2D eigenvalue weighted by Crippen LogP contribution is -2.02. The van der Waals surface area contributed by atoms with E-state index in [-0.39, 0.29) is 0 Å². The Bertz CT molecular complexity index is 453. The highest BCUT2D eigenvalue weighted by Crippen LogP contribution is 2.26. The molecule has 0 bridgehead atoms. The Morgan fingerprint density at radius 2 is 2.00 bits per heavy atom. The molecule has 84 valence electrons. The maximum Gasteiger partial charge on any atom is 0.311 e. The lowest BCUT2D eigenvalue weighted by atomic mass is 10.2. The fraction of sp³-hybridized carbons (Fsp3) is 0.0909. The third-order valence-corrected chi connectivity index (χ3v) is 2.59. The van der Waals surface area contributed by atoms with E-state index in [0.29, 0.717) is 15.6 Å². The van der Waals surface area contributed by atoms with Gasteiger partial charge in [0.2, 0.25) is 0 Å². The Hall–Kier alpha value is -1.32. The van der Waals surface area contributed by atoms with E-state index >= 15 is 0 Å². The van der Waals surface area contributed by atoms with E-state index in [0.717, 1.165) is 0 Å². The maximum atomic E-state index is 11.1. The largest absolute Gasteiger partial charge is 0.481 e. The molecule has 0 aliphatic heterocycles. The topological polar surface area (TPSA) is 54.4 Å². The summed E-state index contributed by atoms with van der Waals surface area (Å²) >= 11 is 11.6. The maximum absolute atomic E-state index is 11.1. The molecule has 0 amide bonds. The Kier molecular flexibility index (Phi) is 4.52. The van der Waals surface area contributed by atoms with Crippen molar-refractivity contribution < 1.29 is 14.7 Å². The first-order chi connectivity index (χ1) is 7.50. The molecule has 0 atom stereocenters. The molecule has 0 fully saturated rings. The Morgan fingerprint density at radius 3 is 2.62 bits per heavy atom. The summed E-state index contributed by atoms with van der Waals surface area (Å²) in [7, 11) is 0. The van der Waals surface area contributed by atoms with Crippen LogP contribution in [0.2, 0.25) is 10.0 Å². The third-order valence-electron chi connectivity index (χ3n) is 1.76. The van der Waals surface area contributed by atoms with Gasteiger partial charge < -0.3 is 5.11 Å². The van der Waals surface area contributed by atoms with E-state index in [2.05, 4.69) is 0 Å². The quantitative estimate of drug-likeness (QED) is 0.667. The summed E-state index contributed by atoms with van der Waals surface area (Å²) in [6.45, 7) is 0. The molecule has 1 N–H and O–H groups in total. The second-order valence-corrected chi connectivity index (χ2v) is 3.80. The van der Waals surface area contributed by atoms with Gasteiger partial charge in [-0.3, -0.25) is 9.59 Å². The number of hydrogen-bond acceptors (Lipinski definition) is 2. The normalized spacial score (nSPS) is 10.6. The van der Waals surface area contributed by atoms with Crippen LogP contribution in [-0.2, 0) is 9.59 Å². The second kappa shape index (κ2) is 5.68. The first kappa shape index (κ1) is 12.7. The number of ketones is 1. The third kappa shape index (κ3) is 3.68. The molecule has 0 unspecified atom stereocenters. The fourth-order valence-electron chi connectivity index (χ4n) is 1.04. The standard InChI is InChI=1S/C11H8Cl2O3/c12-9-3-1-2-7(11(9)13)4-5-8(14)6-10(15)16/h1-5H,6H2,(H,15,16)/b5-4+. The molecule has 0 saturated carbocycles. The van der Waals surface area contributed by atoms with Gasteiger partial charge in [0.15, 0.2) is 5.78 Å². The molecule has 0 heterocycles. The summed E-state index contributed by atoms with van der Waals surface area (Å²) < 4.78 is 0. The molecule has 0 spiro atoms. The number of rotatable bonds is 4. The first-order valence-corrected chi connectivity index (χ1v) is 5.13. The van der Waals surface area contributed by atoms with Crippen LogP contribution in [0.25, 0.3) is 6.08 Å². The smallest absolute Gasteiger partial charge is 0.311 e. The van der Waals surface area contributed by atoms with Gasteiger partial charge in [-0.15, -0.1) is 0 Å². The first-order valence-electron chi connectivity index (χ1n) is 4.37. The molecule has 0 radical (unpaired) electrons. The van der Waals surface area contributed by atoms with Crippen molar-refractivity contribution in [1.82, 2.24) is 0 Å². The number of halogens is 2. The summed E-state index contributed by atoms with van der Waals surface area (Å²) in [5.74, 6) is -1.66. The summed E-state index contributed by atoms with van der Waals surface area (Å²) in [5.41, 5.74) is 0.577. The predicted octanol–water partition coefficient (Wildman–Crippen LogP) is 3.05. The number of carboxylic acids is 1. The summed E-state index contributed by atoms with van der Waals surface area (Å²) in [4.78, 5) is 21.3. The lowest BCUT2D eigenvalue weighted by molar-refractivity contribution is -0.139. The van der Waals surface area contributed by atoms with Crippen molar-refractivity contribution in [3.05, 3.63) is 39.9 Å². The van der Waals surface area contributed by atoms with Gasteiger partial charge in [0, 0.05) is 0 Å². The summed E-state index contributed by atoms with van der Waals surface area (Å²) in [6, 6.07) is 4.99. The fourth-order valence-corrected chi connectivity index (χ4v) is 1.41. The molecule has 0 saturated heterocycles. The van der Waals surface area contributed by atoms with Crippen molar-refractivity contribution in [3.63, 3.8) is 0 Å². The molecule has 1 aromatic rings. The van der Waals surface area contributed by atoms with Crippen molar-refractivity contribution in [3.8, 4) is 0 Å². The Balaban J connectivity index is 2.80. The van der Waals surface area contributed by atoms with Crippen LogP contribution in [0.4, 0.5) is 0 Å². The van der Waals surface area contributed by atoms with Crippen LogP contribution in [0.3, 0.4) is 0 Å². The van der Waals surface area contributed by atoms with Gasteiger partial charge in [-0.05, 0) is 23.8 Å². The van der Waals surface area contributed by atoms with Gasteiger partial charge in [0.05, 0.1) is 10.0 Å². The molecule has 0 aromatic heterocycles. The molecular weight excluding hydrogens is 251 g/mol. The highest BCUT2D eigenvalue weighted by Gasteiger charge is 2.05. The van der Waals surface area contributed by atoms with Crippen molar-refractivity contribution >= 4 is 41.0 Å². The number of benzene rings is 1. The van der Waals surface area contributed by atoms with Gasteiger partial charge in [0.1, 0.15) is 6.42 Å². The number of carboxylic acid groups (broad SMARTS) is 1. The van der Waals surface area contributed by atoms with E-state index in [1.54, 1.807) is 18.2 Å². The van der Waals surface area contributed by atoms with Gasteiger partial charge >= 0.3 is 5.97 Å². The molecule has 0 aliphatic carbocycles.